The van der Waals surface area contributed by atoms with E-state index in [4.69, 9.17) is 9.47 Å². The van der Waals surface area contributed by atoms with Crippen LogP contribution in [0.4, 0.5) is 0 Å². The summed E-state index contributed by atoms with van der Waals surface area (Å²) in [7, 11) is 3.46. The van der Waals surface area contributed by atoms with E-state index in [1.54, 1.807) is 14.2 Å². The van der Waals surface area contributed by atoms with Crippen LogP contribution in [0.1, 0.15) is 16.7 Å². The average molecular weight is 339 g/mol. The van der Waals surface area contributed by atoms with Crippen molar-refractivity contribution < 1.29 is 9.47 Å². The minimum atomic E-state index is 0.722. The summed E-state index contributed by atoms with van der Waals surface area (Å²) in [5.74, 6) is 2.71. The lowest BCUT2D eigenvalue weighted by Crippen LogP contribution is -2.37. The fourth-order valence-corrected chi connectivity index (χ4v) is 2.87. The van der Waals surface area contributed by atoms with E-state index >= 15 is 0 Å². The first kappa shape index (κ1) is 17.1. The second-order valence-corrected chi connectivity index (χ2v) is 5.99. The summed E-state index contributed by atoms with van der Waals surface area (Å²) >= 11 is 0. The standard InChI is InChI=1S/C20H25N3O2/c1-21-20(23-14-16-3-6-18(24-2)7-4-16)22-11-9-15-5-8-19-17(13-15)10-12-25-19/h3-8,13H,9-12,14H2,1-2H3,(H2,21,22,23). The summed E-state index contributed by atoms with van der Waals surface area (Å²) in [5.41, 5.74) is 3.82. The van der Waals surface area contributed by atoms with Crippen LogP contribution >= 0.6 is 0 Å². The highest BCUT2D eigenvalue weighted by Gasteiger charge is 2.11. The maximum Gasteiger partial charge on any atom is 0.191 e. The zero-order chi connectivity index (χ0) is 17.5. The van der Waals surface area contributed by atoms with Crippen molar-refractivity contribution >= 4 is 5.96 Å². The van der Waals surface area contributed by atoms with Gasteiger partial charge >= 0.3 is 0 Å². The van der Waals surface area contributed by atoms with Crippen molar-refractivity contribution in [2.45, 2.75) is 19.4 Å². The summed E-state index contributed by atoms with van der Waals surface area (Å²) in [5, 5.41) is 6.69. The molecular formula is C20H25N3O2. The monoisotopic (exact) mass is 339 g/mol. The summed E-state index contributed by atoms with van der Waals surface area (Å²) < 4.78 is 10.7. The van der Waals surface area contributed by atoms with Crippen LogP contribution in [0.2, 0.25) is 0 Å². The molecule has 2 aromatic rings. The second-order valence-electron chi connectivity index (χ2n) is 5.99. The van der Waals surface area contributed by atoms with Crippen LogP contribution in [0.15, 0.2) is 47.5 Å². The fourth-order valence-electron chi connectivity index (χ4n) is 2.87. The number of fused-ring (bicyclic) bond motifs is 1. The molecule has 0 spiro atoms. The predicted molar refractivity (Wildman–Crippen MR) is 101 cm³/mol. The Hall–Kier alpha value is -2.69. The molecule has 5 nitrogen and oxygen atoms in total. The van der Waals surface area contributed by atoms with Crippen LogP contribution in [0.3, 0.4) is 0 Å². The third kappa shape index (κ3) is 4.66. The Bertz CT molecular complexity index is 726. The summed E-state index contributed by atoms with van der Waals surface area (Å²) in [6, 6.07) is 14.5. The van der Waals surface area contributed by atoms with E-state index in [2.05, 4.69) is 33.8 Å². The largest absolute Gasteiger partial charge is 0.497 e. The lowest BCUT2D eigenvalue weighted by molar-refractivity contribution is 0.357. The van der Waals surface area contributed by atoms with E-state index in [9.17, 15) is 0 Å². The van der Waals surface area contributed by atoms with Gasteiger partial charge in [0.15, 0.2) is 5.96 Å². The lowest BCUT2D eigenvalue weighted by atomic mass is 10.1. The van der Waals surface area contributed by atoms with Crippen molar-refractivity contribution in [3.63, 3.8) is 0 Å². The van der Waals surface area contributed by atoms with Crippen LogP contribution in [0.25, 0.3) is 0 Å². The number of nitrogens with one attached hydrogen (secondary N) is 2. The second kappa shape index (κ2) is 8.42. The maximum absolute atomic E-state index is 5.55. The molecule has 2 N–H and O–H groups in total. The van der Waals surface area contributed by atoms with Crippen molar-refractivity contribution in [1.29, 1.82) is 0 Å². The van der Waals surface area contributed by atoms with Gasteiger partial charge < -0.3 is 20.1 Å². The van der Waals surface area contributed by atoms with Gasteiger partial charge in [0.25, 0.3) is 0 Å². The zero-order valence-corrected chi connectivity index (χ0v) is 14.8. The van der Waals surface area contributed by atoms with Gasteiger partial charge in [-0.2, -0.15) is 0 Å². The number of nitrogens with zero attached hydrogens (tertiary/aromatic N) is 1. The smallest absolute Gasteiger partial charge is 0.191 e. The van der Waals surface area contributed by atoms with Crippen molar-refractivity contribution in [2.75, 3.05) is 27.3 Å². The van der Waals surface area contributed by atoms with Crippen LogP contribution in [-0.4, -0.2) is 33.3 Å². The molecule has 0 fully saturated rings. The van der Waals surface area contributed by atoms with Gasteiger partial charge in [-0.1, -0.05) is 24.3 Å². The molecule has 25 heavy (non-hydrogen) atoms. The molecule has 0 saturated carbocycles. The van der Waals surface area contributed by atoms with Gasteiger partial charge in [0.2, 0.25) is 0 Å². The molecule has 1 aliphatic rings. The molecule has 132 valence electrons. The first-order chi connectivity index (χ1) is 12.3. The SMILES string of the molecule is CN=C(NCCc1ccc2c(c1)CCO2)NCc1ccc(OC)cc1. The first-order valence-corrected chi connectivity index (χ1v) is 8.60. The van der Waals surface area contributed by atoms with Gasteiger partial charge in [-0.25, -0.2) is 0 Å². The number of hydrogen-bond donors (Lipinski definition) is 2. The van der Waals surface area contributed by atoms with E-state index in [-0.39, 0.29) is 0 Å². The fraction of sp³-hybridized carbons (Fsp3) is 0.350. The number of ether oxygens (including phenoxy) is 2. The molecule has 5 heteroatoms. The number of methoxy groups -OCH3 is 1. The van der Waals surface area contributed by atoms with Gasteiger partial charge in [0.1, 0.15) is 11.5 Å². The Morgan fingerprint density at radius 2 is 1.92 bits per heavy atom. The van der Waals surface area contributed by atoms with Gasteiger partial charge in [-0.05, 0) is 41.3 Å². The maximum atomic E-state index is 5.55. The van der Waals surface area contributed by atoms with Crippen LogP contribution < -0.4 is 20.1 Å². The summed E-state index contributed by atoms with van der Waals surface area (Å²) in [6.45, 7) is 2.36. The Balaban J connectivity index is 1.44. The van der Waals surface area contributed by atoms with Crippen molar-refractivity contribution in [3.05, 3.63) is 59.2 Å². The number of benzene rings is 2. The molecule has 0 radical (unpaired) electrons. The number of aliphatic imine (C=N–C) groups is 1. The molecule has 0 amide bonds. The molecule has 0 atom stereocenters. The first-order valence-electron chi connectivity index (χ1n) is 8.60. The Kier molecular flexibility index (Phi) is 5.77. The summed E-state index contributed by atoms with van der Waals surface area (Å²) in [4.78, 5) is 4.28. The van der Waals surface area contributed by atoms with Crippen LogP contribution in [0, 0.1) is 0 Å². The molecule has 0 bridgehead atoms. The molecular weight excluding hydrogens is 314 g/mol. The Labute approximate surface area is 149 Å². The topological polar surface area (TPSA) is 54.9 Å². The molecule has 0 unspecified atom stereocenters. The number of hydrogen-bond acceptors (Lipinski definition) is 3. The van der Waals surface area contributed by atoms with Crippen LogP contribution in [0.5, 0.6) is 11.5 Å². The van der Waals surface area contributed by atoms with Crippen molar-refractivity contribution in [3.8, 4) is 11.5 Å². The third-order valence-electron chi connectivity index (χ3n) is 4.30. The molecule has 0 aromatic heterocycles. The third-order valence-corrected chi connectivity index (χ3v) is 4.30. The highest BCUT2D eigenvalue weighted by Crippen LogP contribution is 2.25. The number of rotatable bonds is 6. The highest BCUT2D eigenvalue weighted by atomic mass is 16.5. The predicted octanol–water partition coefficient (Wildman–Crippen LogP) is 2.54. The number of guanidine groups is 1. The molecule has 3 rings (SSSR count). The Morgan fingerprint density at radius 1 is 1.12 bits per heavy atom. The van der Waals surface area contributed by atoms with Gasteiger partial charge in [-0.15, -0.1) is 0 Å². The molecule has 1 heterocycles. The van der Waals surface area contributed by atoms with Gasteiger partial charge in [0.05, 0.1) is 13.7 Å². The normalized spacial score (nSPS) is 13.1. The zero-order valence-electron chi connectivity index (χ0n) is 14.8. The van der Waals surface area contributed by atoms with Gasteiger partial charge in [-0.3, -0.25) is 4.99 Å². The minimum Gasteiger partial charge on any atom is -0.497 e. The van der Waals surface area contributed by atoms with E-state index in [0.717, 1.165) is 50.0 Å². The molecule has 0 aliphatic carbocycles. The van der Waals surface area contributed by atoms with E-state index in [1.165, 1.54) is 16.7 Å². The average Bonchev–Trinajstić information content (AvgIpc) is 3.12. The van der Waals surface area contributed by atoms with Crippen molar-refractivity contribution in [2.24, 2.45) is 4.99 Å². The minimum absolute atomic E-state index is 0.722. The van der Waals surface area contributed by atoms with E-state index < -0.39 is 0 Å². The van der Waals surface area contributed by atoms with E-state index in [0.29, 0.717) is 0 Å². The summed E-state index contributed by atoms with van der Waals surface area (Å²) in [6.07, 6.45) is 1.97. The molecule has 0 saturated heterocycles. The quantitative estimate of drug-likeness (QED) is 0.627. The highest BCUT2D eigenvalue weighted by molar-refractivity contribution is 5.79. The molecule has 1 aliphatic heterocycles. The Morgan fingerprint density at radius 3 is 2.68 bits per heavy atom. The van der Waals surface area contributed by atoms with Crippen LogP contribution in [-0.2, 0) is 19.4 Å². The van der Waals surface area contributed by atoms with E-state index in [1.807, 2.05) is 24.3 Å². The molecule has 2 aromatic carbocycles. The van der Waals surface area contributed by atoms with Gasteiger partial charge in [0, 0.05) is 26.6 Å². The van der Waals surface area contributed by atoms with Crippen molar-refractivity contribution in [1.82, 2.24) is 10.6 Å². The lowest BCUT2D eigenvalue weighted by Gasteiger charge is -2.12.